The maximum absolute atomic E-state index is 11.8. The molecule has 0 saturated carbocycles. The molecule has 0 atom stereocenters. The Kier molecular flexibility index (Phi) is 4.52. The molecule has 1 aromatic carbocycles. The number of halogens is 1. The van der Waals surface area contributed by atoms with Gasteiger partial charge in [0.15, 0.2) is 0 Å². The molecular formula is C13H15ClN4O. The minimum Gasteiger partial charge on any atom is -0.324 e. The number of anilines is 1. The highest BCUT2D eigenvalue weighted by molar-refractivity contribution is 6.31. The lowest BCUT2D eigenvalue weighted by Crippen LogP contribution is -2.13. The minimum absolute atomic E-state index is 0.0227. The lowest BCUT2D eigenvalue weighted by atomic mass is 10.2. The first-order valence-corrected chi connectivity index (χ1v) is 6.53. The molecule has 0 unspecified atom stereocenters. The van der Waals surface area contributed by atoms with Crippen molar-refractivity contribution in [3.05, 3.63) is 35.9 Å². The Hall–Kier alpha value is -1.88. The second kappa shape index (κ2) is 6.33. The molecular weight excluding hydrogens is 264 g/mol. The molecule has 5 nitrogen and oxygen atoms in total. The summed E-state index contributed by atoms with van der Waals surface area (Å²) >= 11 is 5.97. The number of hydrogen-bond donors (Lipinski definition) is 1. The van der Waals surface area contributed by atoms with Crippen molar-refractivity contribution < 1.29 is 4.79 Å². The van der Waals surface area contributed by atoms with E-state index in [0.717, 1.165) is 18.5 Å². The number of carbonyl (C=O) groups excluding carboxylic acids is 1. The Morgan fingerprint density at radius 3 is 3.00 bits per heavy atom. The summed E-state index contributed by atoms with van der Waals surface area (Å²) in [5.41, 5.74) is 1.38. The fourth-order valence-electron chi connectivity index (χ4n) is 1.69. The molecule has 0 aliphatic heterocycles. The number of unbranched alkanes of at least 4 members (excludes halogenated alkanes) is 1. The van der Waals surface area contributed by atoms with Gasteiger partial charge in [0.2, 0.25) is 5.91 Å². The van der Waals surface area contributed by atoms with Crippen molar-refractivity contribution in [2.75, 3.05) is 5.32 Å². The second-order valence-electron chi connectivity index (χ2n) is 4.15. The number of nitrogens with zero attached hydrogens (tertiary/aromatic N) is 3. The number of carbonyl (C=O) groups is 1. The second-order valence-corrected chi connectivity index (χ2v) is 4.59. The van der Waals surface area contributed by atoms with Crippen molar-refractivity contribution in [2.24, 2.45) is 0 Å². The van der Waals surface area contributed by atoms with Crippen LogP contribution in [0.1, 0.15) is 26.2 Å². The summed E-state index contributed by atoms with van der Waals surface area (Å²) < 4.78 is 1.59. The van der Waals surface area contributed by atoms with E-state index in [1.807, 2.05) is 6.92 Å². The van der Waals surface area contributed by atoms with Gasteiger partial charge in [-0.1, -0.05) is 24.9 Å². The molecule has 0 aliphatic rings. The smallest absolute Gasteiger partial charge is 0.224 e. The highest BCUT2D eigenvalue weighted by atomic mass is 35.5. The zero-order chi connectivity index (χ0) is 13.7. The molecule has 2 aromatic rings. The summed E-state index contributed by atoms with van der Waals surface area (Å²) in [4.78, 5) is 15.7. The van der Waals surface area contributed by atoms with Gasteiger partial charge in [-0.05, 0) is 24.6 Å². The van der Waals surface area contributed by atoms with Gasteiger partial charge < -0.3 is 5.32 Å². The summed E-state index contributed by atoms with van der Waals surface area (Å²) in [6.45, 7) is 2.05. The average Bonchev–Trinajstić information content (AvgIpc) is 2.90. The molecule has 0 bridgehead atoms. The number of aromatic nitrogens is 3. The third-order valence-electron chi connectivity index (χ3n) is 2.66. The third kappa shape index (κ3) is 3.54. The van der Waals surface area contributed by atoms with Crippen LogP contribution in [0.3, 0.4) is 0 Å². The zero-order valence-corrected chi connectivity index (χ0v) is 11.4. The molecule has 2 rings (SSSR count). The van der Waals surface area contributed by atoms with Crippen molar-refractivity contribution in [3.63, 3.8) is 0 Å². The van der Waals surface area contributed by atoms with Gasteiger partial charge in [0.25, 0.3) is 0 Å². The third-order valence-corrected chi connectivity index (χ3v) is 2.89. The Labute approximate surface area is 116 Å². The van der Waals surface area contributed by atoms with Gasteiger partial charge in [-0.2, -0.15) is 5.10 Å². The van der Waals surface area contributed by atoms with E-state index < -0.39 is 0 Å². The van der Waals surface area contributed by atoms with Crippen molar-refractivity contribution in [3.8, 4) is 5.69 Å². The van der Waals surface area contributed by atoms with Crippen molar-refractivity contribution in [2.45, 2.75) is 26.2 Å². The maximum Gasteiger partial charge on any atom is 0.224 e. The lowest BCUT2D eigenvalue weighted by Gasteiger charge is -2.11. The van der Waals surface area contributed by atoms with E-state index in [9.17, 15) is 4.79 Å². The SMILES string of the molecule is CCCCC(=O)Nc1cc(Cl)ccc1-n1cncn1. The highest BCUT2D eigenvalue weighted by Crippen LogP contribution is 2.24. The van der Waals surface area contributed by atoms with Crippen LogP contribution in [0, 0.1) is 0 Å². The van der Waals surface area contributed by atoms with Crippen LogP contribution < -0.4 is 5.32 Å². The van der Waals surface area contributed by atoms with Crippen LogP contribution >= 0.6 is 11.6 Å². The molecule has 1 heterocycles. The number of hydrogen-bond acceptors (Lipinski definition) is 3. The summed E-state index contributed by atoms with van der Waals surface area (Å²) in [7, 11) is 0. The molecule has 0 spiro atoms. The average molecular weight is 279 g/mol. The largest absolute Gasteiger partial charge is 0.324 e. The van der Waals surface area contributed by atoms with Gasteiger partial charge in [-0.25, -0.2) is 9.67 Å². The Bertz CT molecular complexity index is 554. The maximum atomic E-state index is 11.8. The normalized spacial score (nSPS) is 10.4. The Morgan fingerprint density at radius 2 is 2.32 bits per heavy atom. The topological polar surface area (TPSA) is 59.8 Å². The summed E-state index contributed by atoms with van der Waals surface area (Å²) in [6.07, 6.45) is 5.37. The fourth-order valence-corrected chi connectivity index (χ4v) is 1.86. The standard InChI is InChI=1S/C13H15ClN4O/c1-2-3-4-13(19)17-11-7-10(14)5-6-12(11)18-9-15-8-16-18/h5-9H,2-4H2,1H3,(H,17,19). The van der Waals surface area contributed by atoms with Gasteiger partial charge in [-0.15, -0.1) is 0 Å². The quantitative estimate of drug-likeness (QED) is 0.914. The van der Waals surface area contributed by atoms with Crippen LogP contribution in [0.15, 0.2) is 30.9 Å². The number of benzene rings is 1. The monoisotopic (exact) mass is 278 g/mol. The van der Waals surface area contributed by atoms with E-state index in [-0.39, 0.29) is 5.91 Å². The lowest BCUT2D eigenvalue weighted by molar-refractivity contribution is -0.116. The van der Waals surface area contributed by atoms with Gasteiger partial charge in [0, 0.05) is 11.4 Å². The molecule has 1 amide bonds. The molecule has 100 valence electrons. The van der Waals surface area contributed by atoms with E-state index in [0.29, 0.717) is 17.1 Å². The van der Waals surface area contributed by atoms with Gasteiger partial charge in [0.05, 0.1) is 11.4 Å². The van der Waals surface area contributed by atoms with Crippen molar-refractivity contribution in [1.82, 2.24) is 14.8 Å². The summed E-state index contributed by atoms with van der Waals surface area (Å²) in [5, 5.41) is 7.48. The minimum atomic E-state index is -0.0227. The van der Waals surface area contributed by atoms with Crippen molar-refractivity contribution >= 4 is 23.2 Å². The van der Waals surface area contributed by atoms with Crippen LogP contribution in [-0.4, -0.2) is 20.7 Å². The van der Waals surface area contributed by atoms with Crippen LogP contribution in [0.5, 0.6) is 0 Å². The summed E-state index contributed by atoms with van der Waals surface area (Å²) in [5.74, 6) is -0.0227. The van der Waals surface area contributed by atoms with Crippen LogP contribution in [-0.2, 0) is 4.79 Å². The molecule has 0 saturated heterocycles. The van der Waals surface area contributed by atoms with E-state index in [1.54, 1.807) is 29.2 Å². The molecule has 0 radical (unpaired) electrons. The van der Waals surface area contributed by atoms with Crippen LogP contribution in [0.4, 0.5) is 5.69 Å². The molecule has 19 heavy (non-hydrogen) atoms. The number of amides is 1. The van der Waals surface area contributed by atoms with E-state index in [4.69, 9.17) is 11.6 Å². The summed E-state index contributed by atoms with van der Waals surface area (Å²) in [6, 6.07) is 5.26. The highest BCUT2D eigenvalue weighted by Gasteiger charge is 2.09. The molecule has 6 heteroatoms. The molecule has 1 N–H and O–H groups in total. The molecule has 0 fully saturated rings. The molecule has 1 aromatic heterocycles. The number of rotatable bonds is 5. The van der Waals surface area contributed by atoms with Crippen LogP contribution in [0.25, 0.3) is 5.69 Å². The molecule has 0 aliphatic carbocycles. The van der Waals surface area contributed by atoms with Gasteiger partial charge in [0.1, 0.15) is 12.7 Å². The zero-order valence-electron chi connectivity index (χ0n) is 10.6. The van der Waals surface area contributed by atoms with Gasteiger partial charge in [-0.3, -0.25) is 4.79 Å². The Balaban J connectivity index is 2.23. The fraction of sp³-hybridized carbons (Fsp3) is 0.308. The van der Waals surface area contributed by atoms with Crippen molar-refractivity contribution in [1.29, 1.82) is 0 Å². The predicted octanol–water partition coefficient (Wildman–Crippen LogP) is 3.05. The number of nitrogens with one attached hydrogen (secondary N) is 1. The van der Waals surface area contributed by atoms with E-state index in [2.05, 4.69) is 15.4 Å². The van der Waals surface area contributed by atoms with Crippen LogP contribution in [0.2, 0.25) is 5.02 Å². The first-order chi connectivity index (χ1) is 9.20. The Morgan fingerprint density at radius 1 is 1.47 bits per heavy atom. The van der Waals surface area contributed by atoms with E-state index >= 15 is 0 Å². The van der Waals surface area contributed by atoms with E-state index in [1.165, 1.54) is 6.33 Å². The van der Waals surface area contributed by atoms with Gasteiger partial charge >= 0.3 is 0 Å². The first-order valence-electron chi connectivity index (χ1n) is 6.15. The predicted molar refractivity (Wildman–Crippen MR) is 74.5 cm³/mol. The first kappa shape index (κ1) is 13.5.